The van der Waals surface area contributed by atoms with E-state index in [2.05, 4.69) is 20.0 Å². The summed E-state index contributed by atoms with van der Waals surface area (Å²) in [6.45, 7) is 0. The maximum atomic E-state index is 12.1. The number of aromatic nitrogens is 2. The Balaban J connectivity index is 1.67. The summed E-state index contributed by atoms with van der Waals surface area (Å²) < 4.78 is 3.17. The summed E-state index contributed by atoms with van der Waals surface area (Å²) in [5.74, 6) is -0.344. The molecule has 3 aromatic rings. The van der Waals surface area contributed by atoms with Gasteiger partial charge in [-0.15, -0.1) is 0 Å². The lowest BCUT2D eigenvalue weighted by Gasteiger charge is -2.11. The van der Waals surface area contributed by atoms with Gasteiger partial charge in [0.1, 0.15) is 12.0 Å². The van der Waals surface area contributed by atoms with Crippen LogP contribution in [0.3, 0.4) is 0 Å². The molecule has 0 aliphatic rings. The Kier molecular flexibility index (Phi) is 5.37. The van der Waals surface area contributed by atoms with Gasteiger partial charge < -0.3 is 15.8 Å². The van der Waals surface area contributed by atoms with Gasteiger partial charge in [-0.2, -0.15) is 0 Å². The summed E-state index contributed by atoms with van der Waals surface area (Å²) >= 11 is 7.48. The Morgan fingerprint density at radius 3 is 2.68 bits per heavy atom. The van der Waals surface area contributed by atoms with Gasteiger partial charge in [0.05, 0.1) is 22.1 Å². The van der Waals surface area contributed by atoms with E-state index < -0.39 is 0 Å². The number of nitrogen functional groups attached to an aromatic ring is 1. The first-order valence-corrected chi connectivity index (χ1v) is 8.47. The quantitative estimate of drug-likeness (QED) is 0.462. The van der Waals surface area contributed by atoms with Crippen molar-refractivity contribution in [3.8, 4) is 0 Å². The van der Waals surface area contributed by atoms with Gasteiger partial charge in [-0.3, -0.25) is 4.79 Å². The number of benzene rings is 2. The number of para-hydroxylation sites is 1. The molecule has 0 spiro atoms. The zero-order chi connectivity index (χ0) is 17.6. The lowest BCUT2D eigenvalue weighted by Crippen LogP contribution is -2.14. The van der Waals surface area contributed by atoms with Crippen molar-refractivity contribution >= 4 is 46.5 Å². The minimum atomic E-state index is -0.344. The zero-order valence-corrected chi connectivity index (χ0v) is 14.5. The number of anilines is 3. The van der Waals surface area contributed by atoms with Crippen LogP contribution in [-0.4, -0.2) is 15.9 Å². The Labute approximate surface area is 154 Å². The number of nitrogens with one attached hydrogen (secondary N) is 2. The van der Waals surface area contributed by atoms with Crippen molar-refractivity contribution in [1.29, 1.82) is 0 Å². The highest BCUT2D eigenvalue weighted by Gasteiger charge is 2.10. The van der Waals surface area contributed by atoms with Gasteiger partial charge in [-0.05, 0) is 48.3 Å². The molecule has 6 nitrogen and oxygen atoms in total. The van der Waals surface area contributed by atoms with Crippen LogP contribution in [0.1, 0.15) is 10.5 Å². The molecule has 8 heteroatoms. The molecule has 0 atom stereocenters. The van der Waals surface area contributed by atoms with Crippen molar-refractivity contribution in [2.75, 3.05) is 15.8 Å². The van der Waals surface area contributed by atoms with Crippen molar-refractivity contribution in [2.45, 2.75) is 4.90 Å². The highest BCUT2D eigenvalue weighted by atomic mass is 35.5. The number of halogens is 1. The number of amides is 1. The first kappa shape index (κ1) is 17.1. The van der Waals surface area contributed by atoms with Crippen molar-refractivity contribution in [1.82, 2.24) is 9.97 Å². The molecule has 3 rings (SSSR count). The Morgan fingerprint density at radius 2 is 1.96 bits per heavy atom. The lowest BCUT2D eigenvalue weighted by molar-refractivity contribution is 0.102. The number of carbonyl (C=O) groups excluding carboxylic acids is 1. The molecular formula is C17H14ClN5OS. The number of nitrogens with zero attached hydrogens (tertiary/aromatic N) is 2. The highest BCUT2D eigenvalue weighted by Crippen LogP contribution is 2.30. The third kappa shape index (κ3) is 4.40. The van der Waals surface area contributed by atoms with Gasteiger partial charge in [0, 0.05) is 11.1 Å². The Hall–Kier alpha value is -2.77. The standard InChI is InChI=1S/C17H14ClN5OS/c18-12-3-1-2-4-14(12)23-25-11-5-6-15(13(19)9-11)22-17(24)16-7-8-20-10-21-16/h1-10,23H,19H2,(H,22,24). The largest absolute Gasteiger partial charge is 0.397 e. The van der Waals surface area contributed by atoms with Gasteiger partial charge in [-0.1, -0.05) is 23.7 Å². The van der Waals surface area contributed by atoms with Gasteiger partial charge in [0.15, 0.2) is 0 Å². The first-order chi connectivity index (χ1) is 12.1. The fraction of sp³-hybridized carbons (Fsp3) is 0. The van der Waals surface area contributed by atoms with Crippen LogP contribution in [0.2, 0.25) is 5.02 Å². The topological polar surface area (TPSA) is 92.9 Å². The van der Waals surface area contributed by atoms with Crippen LogP contribution >= 0.6 is 23.5 Å². The maximum Gasteiger partial charge on any atom is 0.274 e. The monoisotopic (exact) mass is 371 g/mol. The molecule has 4 N–H and O–H groups in total. The molecule has 0 radical (unpaired) electrons. The van der Waals surface area contributed by atoms with Crippen LogP contribution < -0.4 is 15.8 Å². The SMILES string of the molecule is Nc1cc(SNc2ccccc2Cl)ccc1NC(=O)c1ccncn1. The van der Waals surface area contributed by atoms with Crippen LogP contribution in [0, 0.1) is 0 Å². The van der Waals surface area contributed by atoms with Crippen molar-refractivity contribution < 1.29 is 4.79 Å². The van der Waals surface area contributed by atoms with Crippen LogP contribution in [-0.2, 0) is 0 Å². The van der Waals surface area contributed by atoms with E-state index in [0.29, 0.717) is 16.4 Å². The van der Waals surface area contributed by atoms with Crippen LogP contribution in [0.4, 0.5) is 17.1 Å². The first-order valence-electron chi connectivity index (χ1n) is 7.28. The molecule has 1 heterocycles. The third-order valence-corrected chi connectivity index (χ3v) is 4.38. The molecule has 0 saturated heterocycles. The average molecular weight is 372 g/mol. The molecule has 126 valence electrons. The van der Waals surface area contributed by atoms with Crippen LogP contribution in [0.5, 0.6) is 0 Å². The third-order valence-electron chi connectivity index (χ3n) is 3.24. The van der Waals surface area contributed by atoms with Crippen LogP contribution in [0.15, 0.2) is 66.0 Å². The molecule has 2 aromatic carbocycles. The molecule has 0 bridgehead atoms. The summed E-state index contributed by atoms with van der Waals surface area (Å²) in [5.41, 5.74) is 8.09. The fourth-order valence-corrected chi connectivity index (χ4v) is 2.95. The second-order valence-electron chi connectivity index (χ2n) is 4.98. The molecule has 0 unspecified atom stereocenters. The minimum absolute atomic E-state index is 0.272. The number of nitrogens with two attached hydrogens (primary N) is 1. The summed E-state index contributed by atoms with van der Waals surface area (Å²) in [5, 5.41) is 3.37. The minimum Gasteiger partial charge on any atom is -0.397 e. The van der Waals surface area contributed by atoms with Crippen molar-refractivity contribution in [2.24, 2.45) is 0 Å². The summed E-state index contributed by atoms with van der Waals surface area (Å²) in [4.78, 5) is 20.7. The average Bonchev–Trinajstić information content (AvgIpc) is 2.64. The second-order valence-corrected chi connectivity index (χ2v) is 6.27. The van der Waals surface area contributed by atoms with E-state index in [9.17, 15) is 4.79 Å². The van der Waals surface area contributed by atoms with Gasteiger partial charge >= 0.3 is 0 Å². The van der Waals surface area contributed by atoms with E-state index in [1.54, 1.807) is 12.1 Å². The van der Waals surface area contributed by atoms with E-state index >= 15 is 0 Å². The Bertz CT molecular complexity index is 891. The molecule has 1 amide bonds. The molecule has 1 aromatic heterocycles. The molecule has 0 aliphatic heterocycles. The van der Waals surface area contributed by atoms with E-state index in [4.69, 9.17) is 17.3 Å². The smallest absolute Gasteiger partial charge is 0.274 e. The van der Waals surface area contributed by atoms with Gasteiger partial charge in [0.25, 0.3) is 5.91 Å². The van der Waals surface area contributed by atoms with Crippen LogP contribution in [0.25, 0.3) is 0 Å². The summed E-state index contributed by atoms with van der Waals surface area (Å²) in [6, 6.07) is 14.3. The van der Waals surface area contributed by atoms with Crippen molar-refractivity contribution in [3.63, 3.8) is 0 Å². The molecule has 25 heavy (non-hydrogen) atoms. The molecular weight excluding hydrogens is 358 g/mol. The molecule has 0 aliphatic carbocycles. The Morgan fingerprint density at radius 1 is 1.12 bits per heavy atom. The predicted octanol–water partition coefficient (Wildman–Crippen LogP) is 4.08. The molecule has 0 fully saturated rings. The second kappa shape index (κ2) is 7.87. The number of hydrogen-bond acceptors (Lipinski definition) is 6. The van der Waals surface area contributed by atoms with Gasteiger partial charge in [-0.25, -0.2) is 9.97 Å². The zero-order valence-electron chi connectivity index (χ0n) is 12.9. The number of hydrogen-bond donors (Lipinski definition) is 3. The van der Waals surface area contributed by atoms with E-state index in [0.717, 1.165) is 10.6 Å². The normalized spacial score (nSPS) is 10.3. The number of rotatable bonds is 5. The fourth-order valence-electron chi connectivity index (χ4n) is 1.99. The predicted molar refractivity (Wildman–Crippen MR) is 102 cm³/mol. The van der Waals surface area contributed by atoms with E-state index in [1.807, 2.05) is 30.3 Å². The number of carbonyl (C=O) groups is 1. The van der Waals surface area contributed by atoms with E-state index in [-0.39, 0.29) is 11.6 Å². The van der Waals surface area contributed by atoms with Crippen molar-refractivity contribution in [3.05, 3.63) is 71.8 Å². The van der Waals surface area contributed by atoms with Gasteiger partial charge in [0.2, 0.25) is 0 Å². The molecule has 0 saturated carbocycles. The highest BCUT2D eigenvalue weighted by molar-refractivity contribution is 8.00. The van der Waals surface area contributed by atoms with E-state index in [1.165, 1.54) is 30.5 Å². The summed E-state index contributed by atoms with van der Waals surface area (Å²) in [7, 11) is 0. The summed E-state index contributed by atoms with van der Waals surface area (Å²) in [6.07, 6.45) is 2.82. The maximum absolute atomic E-state index is 12.1. The lowest BCUT2D eigenvalue weighted by atomic mass is 10.2.